The van der Waals surface area contributed by atoms with Crippen LogP contribution in [0.1, 0.15) is 71.4 Å². The number of Topliss-reactive ketones (excluding diaryl/α,β-unsaturated/α-hetero) is 1. The molecule has 0 aliphatic rings. The fourth-order valence-electron chi connectivity index (χ4n) is 3.96. The normalized spacial score (nSPS) is 11.4. The van der Waals surface area contributed by atoms with E-state index in [9.17, 15) is 27.7 Å². The number of unbranched alkanes of at least 4 members (excludes halogenated alkanes) is 3. The molecule has 0 unspecified atom stereocenters. The summed E-state index contributed by atoms with van der Waals surface area (Å²) in [7, 11) is -4.38. The largest absolute Gasteiger partial charge is 0.507 e. The van der Waals surface area contributed by atoms with E-state index in [0.717, 1.165) is 31.2 Å². The molecule has 1 aromatic heterocycles. The standard InChI is InChI=1S/C29H34N4O7S/c1-3-21-16-24(20(2)34)25(35)17-26(21)40-15-9-5-4-8-14-30-29(36)23-12-13-28(31-18-23)33-32-19-22-10-6-7-11-27(22)41(37,38)39/h6-7,10-13,16-19,35H,3-5,8-9,14-15H2,1-2H3,(H,30,36)(H,31,33)(H,37,38,39)/b32-19-. The van der Waals surface area contributed by atoms with Crippen LogP contribution in [0.25, 0.3) is 0 Å². The van der Waals surface area contributed by atoms with Gasteiger partial charge in [-0.3, -0.25) is 19.6 Å². The van der Waals surface area contributed by atoms with Crippen molar-refractivity contribution >= 4 is 33.8 Å². The fraction of sp³-hybridized carbons (Fsp3) is 0.310. The van der Waals surface area contributed by atoms with Crippen molar-refractivity contribution in [2.45, 2.75) is 50.8 Å². The topological polar surface area (TPSA) is 167 Å². The predicted octanol–water partition coefficient (Wildman–Crippen LogP) is 4.61. The van der Waals surface area contributed by atoms with Gasteiger partial charge in [0, 0.05) is 24.4 Å². The van der Waals surface area contributed by atoms with Gasteiger partial charge < -0.3 is 15.2 Å². The third-order valence-electron chi connectivity index (χ3n) is 6.16. The molecule has 0 bridgehead atoms. The van der Waals surface area contributed by atoms with E-state index in [1.54, 1.807) is 24.3 Å². The monoisotopic (exact) mass is 582 g/mol. The fourth-order valence-corrected chi connectivity index (χ4v) is 4.63. The van der Waals surface area contributed by atoms with Gasteiger partial charge in [0.15, 0.2) is 5.78 Å². The number of ketones is 1. The van der Waals surface area contributed by atoms with E-state index in [1.807, 2.05) is 6.92 Å². The van der Waals surface area contributed by atoms with Gasteiger partial charge in [0.2, 0.25) is 0 Å². The lowest BCUT2D eigenvalue weighted by Crippen LogP contribution is -2.24. The molecule has 0 spiro atoms. The Labute approximate surface area is 239 Å². The quantitative estimate of drug-likeness (QED) is 0.0657. The number of nitrogens with one attached hydrogen (secondary N) is 2. The van der Waals surface area contributed by atoms with Gasteiger partial charge >= 0.3 is 0 Å². The molecular weight excluding hydrogens is 548 g/mol. The Morgan fingerprint density at radius 2 is 1.83 bits per heavy atom. The summed E-state index contributed by atoms with van der Waals surface area (Å²) in [5, 5.41) is 16.9. The molecular formula is C29H34N4O7S. The lowest BCUT2D eigenvalue weighted by atomic mass is 10.0. The highest BCUT2D eigenvalue weighted by atomic mass is 32.2. The molecule has 0 atom stereocenters. The van der Waals surface area contributed by atoms with E-state index >= 15 is 0 Å². The van der Waals surface area contributed by atoms with Crippen LogP contribution in [0.4, 0.5) is 5.82 Å². The first-order valence-electron chi connectivity index (χ1n) is 13.2. The van der Waals surface area contributed by atoms with Crippen LogP contribution >= 0.6 is 0 Å². The van der Waals surface area contributed by atoms with E-state index in [4.69, 9.17) is 4.74 Å². The molecule has 0 aliphatic heterocycles. The van der Waals surface area contributed by atoms with Crippen LogP contribution in [-0.2, 0) is 16.5 Å². The van der Waals surface area contributed by atoms with Gasteiger partial charge in [0.1, 0.15) is 22.2 Å². The number of carbonyl (C=O) groups excluding carboxylic acids is 2. The molecule has 4 N–H and O–H groups in total. The van der Waals surface area contributed by atoms with Gasteiger partial charge in [-0.25, -0.2) is 4.98 Å². The van der Waals surface area contributed by atoms with E-state index in [0.29, 0.717) is 42.3 Å². The minimum Gasteiger partial charge on any atom is -0.507 e. The van der Waals surface area contributed by atoms with Crippen molar-refractivity contribution in [3.8, 4) is 11.5 Å². The number of hydrazone groups is 1. The van der Waals surface area contributed by atoms with Gasteiger partial charge in [0.05, 0.1) is 23.9 Å². The molecule has 3 aromatic rings. The Hall–Kier alpha value is -4.29. The average Bonchev–Trinajstić information content (AvgIpc) is 2.94. The Kier molecular flexibility index (Phi) is 11.4. The van der Waals surface area contributed by atoms with Crippen molar-refractivity contribution < 1.29 is 32.4 Å². The van der Waals surface area contributed by atoms with Crippen molar-refractivity contribution in [2.24, 2.45) is 5.10 Å². The number of phenolic OH excluding ortho intramolecular Hbond substituents is 1. The Balaban J connectivity index is 1.35. The maximum Gasteiger partial charge on any atom is 0.295 e. The van der Waals surface area contributed by atoms with Crippen molar-refractivity contribution in [2.75, 3.05) is 18.6 Å². The number of pyridine rings is 1. The number of hydrogen-bond acceptors (Lipinski definition) is 9. The summed E-state index contributed by atoms with van der Waals surface area (Å²) in [5.41, 5.74) is 4.42. The summed E-state index contributed by atoms with van der Waals surface area (Å²) >= 11 is 0. The van der Waals surface area contributed by atoms with E-state index in [2.05, 4.69) is 20.8 Å². The van der Waals surface area contributed by atoms with Gasteiger partial charge in [-0.05, 0) is 56.0 Å². The van der Waals surface area contributed by atoms with Crippen molar-refractivity contribution in [3.63, 3.8) is 0 Å². The lowest BCUT2D eigenvalue weighted by molar-refractivity contribution is 0.0951. The molecule has 3 rings (SSSR count). The molecule has 2 aromatic carbocycles. The molecule has 0 radical (unpaired) electrons. The number of nitrogens with zero attached hydrogens (tertiary/aromatic N) is 2. The Bertz CT molecular complexity index is 1490. The Morgan fingerprint density at radius 1 is 1.07 bits per heavy atom. The van der Waals surface area contributed by atoms with Gasteiger partial charge in [-0.15, -0.1) is 0 Å². The van der Waals surface area contributed by atoms with Crippen LogP contribution in [0.15, 0.2) is 64.7 Å². The minimum absolute atomic E-state index is 0.0741. The summed E-state index contributed by atoms with van der Waals surface area (Å²) < 4.78 is 38.0. The minimum atomic E-state index is -4.38. The van der Waals surface area contributed by atoms with Crippen molar-refractivity contribution in [1.82, 2.24) is 10.3 Å². The van der Waals surface area contributed by atoms with Crippen LogP contribution in [-0.4, -0.2) is 54.1 Å². The number of rotatable bonds is 15. The van der Waals surface area contributed by atoms with E-state index in [-0.39, 0.29) is 27.9 Å². The molecule has 11 nitrogen and oxygen atoms in total. The van der Waals surface area contributed by atoms with Gasteiger partial charge in [-0.1, -0.05) is 38.0 Å². The second kappa shape index (κ2) is 14.9. The van der Waals surface area contributed by atoms with Crippen molar-refractivity contribution in [1.29, 1.82) is 0 Å². The molecule has 0 saturated heterocycles. The van der Waals surface area contributed by atoms with Crippen LogP contribution in [0.2, 0.25) is 0 Å². The average molecular weight is 583 g/mol. The lowest BCUT2D eigenvalue weighted by Gasteiger charge is -2.13. The molecule has 0 aliphatic carbocycles. The third kappa shape index (κ3) is 9.40. The smallest absolute Gasteiger partial charge is 0.295 e. The molecule has 218 valence electrons. The Morgan fingerprint density at radius 3 is 2.51 bits per heavy atom. The number of ether oxygens (including phenoxy) is 1. The van der Waals surface area contributed by atoms with Crippen LogP contribution in [0, 0.1) is 0 Å². The predicted molar refractivity (Wildman–Crippen MR) is 155 cm³/mol. The number of amides is 1. The highest BCUT2D eigenvalue weighted by Gasteiger charge is 2.14. The molecule has 41 heavy (non-hydrogen) atoms. The summed E-state index contributed by atoms with van der Waals surface area (Å²) in [6, 6.07) is 12.2. The second-order valence-corrected chi connectivity index (χ2v) is 10.6. The third-order valence-corrected chi connectivity index (χ3v) is 7.09. The maximum atomic E-state index is 12.4. The summed E-state index contributed by atoms with van der Waals surface area (Å²) in [4.78, 5) is 27.9. The number of anilines is 1. The van der Waals surface area contributed by atoms with Gasteiger partial charge in [-0.2, -0.15) is 13.5 Å². The molecule has 1 heterocycles. The van der Waals surface area contributed by atoms with Crippen LogP contribution in [0.5, 0.6) is 11.5 Å². The molecule has 1 amide bonds. The summed E-state index contributed by atoms with van der Waals surface area (Å²) in [5.74, 6) is 0.423. The molecule has 0 saturated carbocycles. The number of phenols is 1. The number of benzene rings is 2. The SMILES string of the molecule is CCc1cc(C(C)=O)c(O)cc1OCCCCCCNC(=O)c1ccc(N/N=C\c2ccccc2S(=O)(=O)O)nc1. The zero-order chi connectivity index (χ0) is 29.8. The van der Waals surface area contributed by atoms with E-state index in [1.165, 1.54) is 43.6 Å². The summed E-state index contributed by atoms with van der Waals surface area (Å²) in [6.45, 7) is 4.38. The zero-order valence-electron chi connectivity index (χ0n) is 23.0. The highest BCUT2D eigenvalue weighted by molar-refractivity contribution is 7.86. The van der Waals surface area contributed by atoms with Gasteiger partial charge in [0.25, 0.3) is 16.0 Å². The number of aromatic hydroxyl groups is 1. The molecule has 12 heteroatoms. The first kappa shape index (κ1) is 31.2. The second-order valence-electron chi connectivity index (χ2n) is 9.22. The van der Waals surface area contributed by atoms with Crippen LogP contribution < -0.4 is 15.5 Å². The maximum absolute atomic E-state index is 12.4. The number of hydrogen-bond donors (Lipinski definition) is 4. The number of aryl methyl sites for hydroxylation is 1. The van der Waals surface area contributed by atoms with Crippen molar-refractivity contribution in [3.05, 3.63) is 77.0 Å². The summed E-state index contributed by atoms with van der Waals surface area (Å²) in [6.07, 6.45) is 6.76. The molecule has 0 fully saturated rings. The van der Waals surface area contributed by atoms with E-state index < -0.39 is 10.1 Å². The number of carbonyl (C=O) groups is 2. The first-order chi connectivity index (χ1) is 19.6. The first-order valence-corrected chi connectivity index (χ1v) is 14.6. The van der Waals surface area contributed by atoms with Crippen LogP contribution in [0.3, 0.4) is 0 Å². The zero-order valence-corrected chi connectivity index (χ0v) is 23.8. The number of aromatic nitrogens is 1. The highest BCUT2D eigenvalue weighted by Crippen LogP contribution is 2.29.